The minimum absolute atomic E-state index is 0.0453. The highest BCUT2D eigenvalue weighted by atomic mass is 32.2. The Balaban J connectivity index is 1.61. The SMILES string of the molecule is C[C@@H]1COCC12CCN(c1nc(N)c(Sc3cccnc3C(F)(F)F)c(=O)n1C)CC2. The lowest BCUT2D eigenvalue weighted by atomic mass is 9.72. The maximum absolute atomic E-state index is 13.3. The average molecular weight is 456 g/mol. The number of alkyl halides is 3. The van der Waals surface area contributed by atoms with E-state index in [-0.39, 0.29) is 21.0 Å². The Morgan fingerprint density at radius 3 is 2.65 bits per heavy atom. The minimum atomic E-state index is -4.64. The normalized spacial score (nSPS) is 21.1. The number of ether oxygens (including phenoxy) is 1. The van der Waals surface area contributed by atoms with E-state index in [0.717, 1.165) is 32.3 Å². The maximum atomic E-state index is 13.3. The van der Waals surface area contributed by atoms with Crippen LogP contribution in [0.25, 0.3) is 0 Å². The number of aromatic nitrogens is 3. The highest BCUT2D eigenvalue weighted by Gasteiger charge is 2.44. The van der Waals surface area contributed by atoms with E-state index in [1.807, 2.05) is 4.90 Å². The zero-order valence-electron chi connectivity index (χ0n) is 17.3. The lowest BCUT2D eigenvalue weighted by Gasteiger charge is -2.41. The topological polar surface area (TPSA) is 86.3 Å². The first-order valence-electron chi connectivity index (χ1n) is 10.0. The quantitative estimate of drug-likeness (QED) is 0.761. The summed E-state index contributed by atoms with van der Waals surface area (Å²) in [6.45, 7) is 5.14. The van der Waals surface area contributed by atoms with E-state index < -0.39 is 17.4 Å². The van der Waals surface area contributed by atoms with Crippen LogP contribution in [0.4, 0.5) is 24.9 Å². The van der Waals surface area contributed by atoms with Gasteiger partial charge in [-0.2, -0.15) is 18.2 Å². The van der Waals surface area contributed by atoms with Gasteiger partial charge in [0.25, 0.3) is 5.56 Å². The largest absolute Gasteiger partial charge is 0.434 e. The van der Waals surface area contributed by atoms with E-state index in [4.69, 9.17) is 10.5 Å². The molecule has 4 heterocycles. The Bertz CT molecular complexity index is 1030. The molecule has 2 aromatic heterocycles. The third-order valence-corrected chi connectivity index (χ3v) is 7.49. The summed E-state index contributed by atoms with van der Waals surface area (Å²) in [5.41, 5.74) is 4.67. The fourth-order valence-electron chi connectivity index (χ4n) is 4.31. The van der Waals surface area contributed by atoms with Gasteiger partial charge in [-0.05, 0) is 30.9 Å². The number of piperidine rings is 1. The average Bonchev–Trinajstić information content (AvgIpc) is 3.08. The molecule has 2 aromatic rings. The molecule has 2 fully saturated rings. The molecule has 1 spiro atoms. The first-order chi connectivity index (χ1) is 14.6. The van der Waals surface area contributed by atoms with Crippen LogP contribution in [0.3, 0.4) is 0 Å². The van der Waals surface area contributed by atoms with Crippen LogP contribution in [0.2, 0.25) is 0 Å². The Hall–Kier alpha value is -2.27. The predicted molar refractivity (Wildman–Crippen MR) is 111 cm³/mol. The second-order valence-electron chi connectivity index (χ2n) is 8.21. The molecule has 2 saturated heterocycles. The summed E-state index contributed by atoms with van der Waals surface area (Å²) >= 11 is 0.641. The standard InChI is InChI=1S/C20H24F3N5O2S/c1-12-10-30-11-19(12)5-8-28(9-6-19)18-26-16(24)14(17(29)27(18)2)31-13-4-3-7-25-15(13)20(21,22)23/h3-4,7,12H,5-6,8-11,24H2,1-2H3/t12-/m1/s1. The summed E-state index contributed by atoms with van der Waals surface area (Å²) in [4.78, 5) is 22.6. The van der Waals surface area contributed by atoms with Gasteiger partial charge < -0.3 is 15.4 Å². The van der Waals surface area contributed by atoms with E-state index in [9.17, 15) is 18.0 Å². The molecule has 11 heteroatoms. The van der Waals surface area contributed by atoms with Crippen LogP contribution >= 0.6 is 11.8 Å². The van der Waals surface area contributed by atoms with Crippen molar-refractivity contribution in [3.8, 4) is 0 Å². The Morgan fingerprint density at radius 2 is 2.03 bits per heavy atom. The van der Waals surface area contributed by atoms with E-state index in [2.05, 4.69) is 16.9 Å². The molecule has 0 radical (unpaired) electrons. The second-order valence-corrected chi connectivity index (χ2v) is 9.26. The number of hydrogen-bond donors (Lipinski definition) is 1. The molecule has 168 valence electrons. The predicted octanol–water partition coefficient (Wildman–Crippen LogP) is 3.18. The number of rotatable bonds is 3. The first kappa shape index (κ1) is 21.9. The van der Waals surface area contributed by atoms with Crippen molar-refractivity contribution in [2.24, 2.45) is 18.4 Å². The van der Waals surface area contributed by atoms with Crippen LogP contribution < -0.4 is 16.2 Å². The summed E-state index contributed by atoms with van der Waals surface area (Å²) in [6, 6.07) is 2.65. The molecule has 0 aliphatic carbocycles. The minimum Gasteiger partial charge on any atom is -0.382 e. The molecule has 1 atom stereocenters. The summed E-state index contributed by atoms with van der Waals surface area (Å²) < 4.78 is 46.8. The molecular weight excluding hydrogens is 431 g/mol. The van der Waals surface area contributed by atoms with Crippen molar-refractivity contribution >= 4 is 23.5 Å². The van der Waals surface area contributed by atoms with Gasteiger partial charge in [-0.1, -0.05) is 18.7 Å². The number of anilines is 2. The van der Waals surface area contributed by atoms with Gasteiger partial charge in [-0.3, -0.25) is 14.3 Å². The number of pyridine rings is 1. The van der Waals surface area contributed by atoms with Crippen molar-refractivity contribution in [2.75, 3.05) is 36.9 Å². The molecule has 0 bridgehead atoms. The van der Waals surface area contributed by atoms with Crippen molar-refractivity contribution in [3.05, 3.63) is 34.4 Å². The van der Waals surface area contributed by atoms with Crippen LogP contribution in [-0.4, -0.2) is 40.8 Å². The Labute approximate surface area is 181 Å². The summed E-state index contributed by atoms with van der Waals surface area (Å²) in [5, 5.41) is 0. The smallest absolute Gasteiger partial charge is 0.382 e. The number of hydrogen-bond acceptors (Lipinski definition) is 7. The Kier molecular flexibility index (Phi) is 5.67. The third kappa shape index (κ3) is 4.00. The molecule has 31 heavy (non-hydrogen) atoms. The first-order valence-corrected chi connectivity index (χ1v) is 10.8. The number of nitrogen functional groups attached to an aromatic ring is 1. The van der Waals surface area contributed by atoms with Crippen LogP contribution in [0.5, 0.6) is 0 Å². The van der Waals surface area contributed by atoms with Crippen molar-refractivity contribution in [2.45, 2.75) is 35.7 Å². The molecule has 7 nitrogen and oxygen atoms in total. The van der Waals surface area contributed by atoms with E-state index in [1.54, 1.807) is 7.05 Å². The zero-order valence-corrected chi connectivity index (χ0v) is 18.1. The van der Waals surface area contributed by atoms with Gasteiger partial charge >= 0.3 is 6.18 Å². The molecule has 0 saturated carbocycles. The molecule has 2 N–H and O–H groups in total. The number of nitrogens with two attached hydrogens (primary N) is 1. The van der Waals surface area contributed by atoms with Crippen LogP contribution in [-0.2, 0) is 18.0 Å². The third-order valence-electron chi connectivity index (χ3n) is 6.35. The molecule has 4 rings (SSSR count). The molecule has 0 aromatic carbocycles. The van der Waals surface area contributed by atoms with E-state index in [0.29, 0.717) is 36.7 Å². The van der Waals surface area contributed by atoms with Gasteiger partial charge in [0.05, 0.1) is 6.61 Å². The molecule has 0 amide bonds. The van der Waals surface area contributed by atoms with Gasteiger partial charge in [-0.25, -0.2) is 0 Å². The lowest BCUT2D eigenvalue weighted by molar-refractivity contribution is -0.143. The van der Waals surface area contributed by atoms with E-state index >= 15 is 0 Å². The number of nitrogens with zero attached hydrogens (tertiary/aromatic N) is 4. The lowest BCUT2D eigenvalue weighted by Crippen LogP contribution is -2.45. The number of halogens is 3. The van der Waals surface area contributed by atoms with Gasteiger partial charge in [-0.15, -0.1) is 0 Å². The highest BCUT2D eigenvalue weighted by Crippen LogP contribution is 2.44. The molecule has 2 aliphatic rings. The van der Waals surface area contributed by atoms with Crippen LogP contribution in [0, 0.1) is 11.3 Å². The molecular formula is C20H24F3N5O2S. The van der Waals surface area contributed by atoms with Gasteiger partial charge in [0.15, 0.2) is 5.69 Å². The fourth-order valence-corrected chi connectivity index (χ4v) is 5.31. The van der Waals surface area contributed by atoms with Gasteiger partial charge in [0.2, 0.25) is 5.95 Å². The van der Waals surface area contributed by atoms with E-state index in [1.165, 1.54) is 16.7 Å². The summed E-state index contributed by atoms with van der Waals surface area (Å²) in [5.74, 6) is 0.825. The van der Waals surface area contributed by atoms with Crippen LogP contribution in [0.15, 0.2) is 32.9 Å². The summed E-state index contributed by atoms with van der Waals surface area (Å²) in [6.07, 6.45) is -1.73. The van der Waals surface area contributed by atoms with Crippen molar-refractivity contribution in [3.63, 3.8) is 0 Å². The highest BCUT2D eigenvalue weighted by molar-refractivity contribution is 7.99. The second kappa shape index (κ2) is 8.01. The molecule has 2 aliphatic heterocycles. The van der Waals surface area contributed by atoms with Crippen molar-refractivity contribution in [1.82, 2.24) is 14.5 Å². The van der Waals surface area contributed by atoms with Crippen molar-refractivity contribution in [1.29, 1.82) is 0 Å². The van der Waals surface area contributed by atoms with Crippen LogP contribution in [0.1, 0.15) is 25.5 Å². The summed E-state index contributed by atoms with van der Waals surface area (Å²) in [7, 11) is 1.56. The Morgan fingerprint density at radius 1 is 1.32 bits per heavy atom. The maximum Gasteiger partial charge on any atom is 0.434 e. The van der Waals surface area contributed by atoms with Crippen molar-refractivity contribution < 1.29 is 17.9 Å². The van der Waals surface area contributed by atoms with Gasteiger partial charge in [0.1, 0.15) is 10.7 Å². The van der Waals surface area contributed by atoms with Gasteiger partial charge in [0, 0.05) is 43.3 Å². The monoisotopic (exact) mass is 455 g/mol. The molecule has 0 unspecified atom stereocenters. The zero-order chi connectivity index (χ0) is 22.4. The fraction of sp³-hybridized carbons (Fsp3) is 0.550.